The first-order valence-electron chi connectivity index (χ1n) is 5.58. The summed E-state index contributed by atoms with van der Waals surface area (Å²) in [4.78, 5) is 13.9. The Hall–Kier alpha value is -0.530. The Morgan fingerprint density at radius 2 is 1.69 bits per heavy atom. The van der Waals surface area contributed by atoms with Gasteiger partial charge in [0.25, 0.3) is 0 Å². The lowest BCUT2D eigenvalue weighted by Crippen LogP contribution is -2.36. The fraction of sp³-hybridized carbons (Fsp3) is 0.909. The molecule has 1 amide bonds. The summed E-state index contributed by atoms with van der Waals surface area (Å²) in [5, 5.41) is 0. The van der Waals surface area contributed by atoms with E-state index in [1.54, 1.807) is 0 Å². The van der Waals surface area contributed by atoms with Gasteiger partial charge in [0.1, 0.15) is 0 Å². The first kappa shape index (κ1) is 10.6. The van der Waals surface area contributed by atoms with E-state index in [1.807, 2.05) is 4.90 Å². The second-order valence-electron chi connectivity index (χ2n) is 3.85. The van der Waals surface area contributed by atoms with Crippen LogP contribution in [0, 0.1) is 5.92 Å². The Morgan fingerprint density at radius 1 is 1.15 bits per heavy atom. The summed E-state index contributed by atoms with van der Waals surface area (Å²) in [7, 11) is 0. The van der Waals surface area contributed by atoms with Gasteiger partial charge in [-0.2, -0.15) is 0 Å². The van der Waals surface area contributed by atoms with Gasteiger partial charge in [0.2, 0.25) is 5.91 Å². The average Bonchev–Trinajstić information content (AvgIpc) is 2.21. The molecule has 0 radical (unpaired) electrons. The van der Waals surface area contributed by atoms with Crippen molar-refractivity contribution in [3.63, 3.8) is 0 Å². The Morgan fingerprint density at radius 3 is 2.15 bits per heavy atom. The molecule has 0 aromatic heterocycles. The number of carbonyl (C=O) groups excluding carboxylic acids is 1. The van der Waals surface area contributed by atoms with Gasteiger partial charge in [0, 0.05) is 19.0 Å². The van der Waals surface area contributed by atoms with E-state index >= 15 is 0 Å². The molecular formula is C11H21NO. The summed E-state index contributed by atoms with van der Waals surface area (Å²) in [6.45, 7) is 5.85. The summed E-state index contributed by atoms with van der Waals surface area (Å²) in [6, 6.07) is 0. The minimum atomic E-state index is 0.341. The fourth-order valence-electron chi connectivity index (χ4n) is 2.14. The Labute approximate surface area is 81.3 Å². The molecule has 0 heterocycles. The maximum absolute atomic E-state index is 11.9. The van der Waals surface area contributed by atoms with E-state index in [1.165, 1.54) is 19.3 Å². The van der Waals surface area contributed by atoms with Crippen LogP contribution in [0.5, 0.6) is 0 Å². The van der Waals surface area contributed by atoms with E-state index in [-0.39, 0.29) is 0 Å². The van der Waals surface area contributed by atoms with Crippen molar-refractivity contribution in [2.45, 2.75) is 46.0 Å². The van der Waals surface area contributed by atoms with Crippen LogP contribution in [0.2, 0.25) is 0 Å². The largest absolute Gasteiger partial charge is 0.343 e. The molecule has 1 fully saturated rings. The standard InChI is InChI=1S/C11H21NO/c1-3-12(4-2)11(13)10-8-6-5-7-9-10/h10H,3-9H2,1-2H3. The van der Waals surface area contributed by atoms with Crippen molar-refractivity contribution in [2.75, 3.05) is 13.1 Å². The number of hydrogen-bond donors (Lipinski definition) is 0. The molecule has 13 heavy (non-hydrogen) atoms. The third kappa shape index (κ3) is 2.71. The monoisotopic (exact) mass is 183 g/mol. The highest BCUT2D eigenvalue weighted by Crippen LogP contribution is 2.25. The van der Waals surface area contributed by atoms with Gasteiger partial charge >= 0.3 is 0 Å². The van der Waals surface area contributed by atoms with Gasteiger partial charge in [0.05, 0.1) is 0 Å². The number of nitrogens with zero attached hydrogens (tertiary/aromatic N) is 1. The van der Waals surface area contributed by atoms with Gasteiger partial charge in [-0.15, -0.1) is 0 Å². The molecule has 0 bridgehead atoms. The van der Waals surface area contributed by atoms with Gasteiger partial charge in [-0.25, -0.2) is 0 Å². The summed E-state index contributed by atoms with van der Waals surface area (Å²) in [5.74, 6) is 0.735. The predicted octanol–water partition coefficient (Wildman–Crippen LogP) is 2.44. The summed E-state index contributed by atoms with van der Waals surface area (Å²) >= 11 is 0. The number of hydrogen-bond acceptors (Lipinski definition) is 1. The molecular weight excluding hydrogens is 162 g/mol. The molecule has 0 spiro atoms. The highest BCUT2D eigenvalue weighted by molar-refractivity contribution is 5.78. The van der Waals surface area contributed by atoms with Crippen LogP contribution in [-0.2, 0) is 4.79 Å². The van der Waals surface area contributed by atoms with Crippen molar-refractivity contribution < 1.29 is 4.79 Å². The maximum atomic E-state index is 11.9. The molecule has 1 rings (SSSR count). The molecule has 0 saturated heterocycles. The van der Waals surface area contributed by atoms with E-state index in [0.29, 0.717) is 11.8 Å². The molecule has 1 aliphatic carbocycles. The number of rotatable bonds is 3. The zero-order chi connectivity index (χ0) is 9.68. The highest BCUT2D eigenvalue weighted by atomic mass is 16.2. The first-order chi connectivity index (χ1) is 6.29. The zero-order valence-corrected chi connectivity index (χ0v) is 8.88. The van der Waals surface area contributed by atoms with Crippen molar-refractivity contribution in [3.8, 4) is 0 Å². The quantitative estimate of drug-likeness (QED) is 0.658. The summed E-state index contributed by atoms with van der Waals surface area (Å²) in [5.41, 5.74) is 0. The molecule has 2 nitrogen and oxygen atoms in total. The fourth-order valence-corrected chi connectivity index (χ4v) is 2.14. The van der Waals surface area contributed by atoms with E-state index in [9.17, 15) is 4.79 Å². The molecule has 0 aromatic rings. The smallest absolute Gasteiger partial charge is 0.225 e. The Kier molecular flexibility index (Phi) is 4.26. The molecule has 1 aliphatic rings. The van der Waals surface area contributed by atoms with Crippen molar-refractivity contribution in [3.05, 3.63) is 0 Å². The van der Waals surface area contributed by atoms with Crippen molar-refractivity contribution >= 4 is 5.91 Å². The second-order valence-corrected chi connectivity index (χ2v) is 3.85. The minimum absolute atomic E-state index is 0.341. The van der Waals surface area contributed by atoms with Crippen LogP contribution in [0.4, 0.5) is 0 Å². The van der Waals surface area contributed by atoms with Gasteiger partial charge in [-0.3, -0.25) is 4.79 Å². The highest BCUT2D eigenvalue weighted by Gasteiger charge is 2.23. The molecule has 0 N–H and O–H groups in total. The van der Waals surface area contributed by atoms with Gasteiger partial charge in [0.15, 0.2) is 0 Å². The van der Waals surface area contributed by atoms with Crippen LogP contribution in [0.3, 0.4) is 0 Å². The van der Waals surface area contributed by atoms with Crippen molar-refractivity contribution in [1.29, 1.82) is 0 Å². The summed E-state index contributed by atoms with van der Waals surface area (Å²) < 4.78 is 0. The van der Waals surface area contributed by atoms with E-state index in [2.05, 4.69) is 13.8 Å². The minimum Gasteiger partial charge on any atom is -0.343 e. The zero-order valence-electron chi connectivity index (χ0n) is 8.88. The topological polar surface area (TPSA) is 20.3 Å². The van der Waals surface area contributed by atoms with E-state index < -0.39 is 0 Å². The van der Waals surface area contributed by atoms with Crippen LogP contribution in [0.15, 0.2) is 0 Å². The average molecular weight is 183 g/mol. The van der Waals surface area contributed by atoms with Gasteiger partial charge in [-0.05, 0) is 26.7 Å². The normalized spacial score (nSPS) is 18.6. The van der Waals surface area contributed by atoms with Crippen molar-refractivity contribution in [1.82, 2.24) is 4.90 Å². The molecule has 0 aromatic carbocycles. The van der Waals surface area contributed by atoms with Crippen LogP contribution in [0.1, 0.15) is 46.0 Å². The number of amides is 1. The summed E-state index contributed by atoms with van der Waals surface area (Å²) in [6.07, 6.45) is 6.06. The molecule has 0 unspecified atom stereocenters. The van der Waals surface area contributed by atoms with E-state index in [4.69, 9.17) is 0 Å². The lowest BCUT2D eigenvalue weighted by Gasteiger charge is -2.27. The first-order valence-corrected chi connectivity index (χ1v) is 5.58. The molecule has 1 saturated carbocycles. The lowest BCUT2D eigenvalue weighted by atomic mass is 9.88. The van der Waals surface area contributed by atoms with Gasteiger partial charge in [-0.1, -0.05) is 19.3 Å². The van der Waals surface area contributed by atoms with Crippen LogP contribution >= 0.6 is 0 Å². The van der Waals surface area contributed by atoms with Crippen LogP contribution in [-0.4, -0.2) is 23.9 Å². The molecule has 0 aliphatic heterocycles. The second kappa shape index (κ2) is 5.25. The molecule has 76 valence electrons. The number of carbonyl (C=O) groups is 1. The third-order valence-corrected chi connectivity index (χ3v) is 3.03. The predicted molar refractivity (Wildman–Crippen MR) is 54.5 cm³/mol. The molecule has 2 heteroatoms. The van der Waals surface area contributed by atoms with Gasteiger partial charge < -0.3 is 4.90 Å². The lowest BCUT2D eigenvalue weighted by molar-refractivity contribution is -0.136. The Balaban J connectivity index is 2.44. The SMILES string of the molecule is CCN(CC)C(=O)C1CCCCC1. The van der Waals surface area contributed by atoms with E-state index in [0.717, 1.165) is 25.9 Å². The third-order valence-electron chi connectivity index (χ3n) is 3.03. The molecule has 0 atom stereocenters. The maximum Gasteiger partial charge on any atom is 0.225 e. The van der Waals surface area contributed by atoms with Crippen molar-refractivity contribution in [2.24, 2.45) is 5.92 Å². The van der Waals surface area contributed by atoms with Crippen LogP contribution < -0.4 is 0 Å². The Bertz CT molecular complexity index is 157. The van der Waals surface area contributed by atoms with Crippen LogP contribution in [0.25, 0.3) is 0 Å².